The predicted molar refractivity (Wildman–Crippen MR) is 155 cm³/mol. The van der Waals surface area contributed by atoms with E-state index in [1.54, 1.807) is 31.4 Å². The Labute approximate surface area is 235 Å². The Hall–Kier alpha value is -2.82. The molecule has 0 unspecified atom stereocenters. The number of nitrogens with zero attached hydrogens (tertiary/aromatic N) is 4. The van der Waals surface area contributed by atoms with Crippen molar-refractivity contribution in [2.45, 2.75) is 69.5 Å². The summed E-state index contributed by atoms with van der Waals surface area (Å²) in [4.78, 5) is 26.8. The molecule has 0 radical (unpaired) electrons. The van der Waals surface area contributed by atoms with Gasteiger partial charge in [0, 0.05) is 36.8 Å². The molecule has 0 spiro atoms. The number of ether oxygens (including phenoxy) is 1. The van der Waals surface area contributed by atoms with Gasteiger partial charge in [-0.15, -0.1) is 24.8 Å². The molecular weight excluding hydrogens is 527 g/mol. The summed E-state index contributed by atoms with van der Waals surface area (Å²) in [5.74, 6) is 1.90. The van der Waals surface area contributed by atoms with Gasteiger partial charge in [0.1, 0.15) is 5.75 Å². The fraction of sp³-hybridized carbons (Fsp3) is 0.538. The summed E-state index contributed by atoms with van der Waals surface area (Å²) in [6.07, 6.45) is 10.7. The number of fused-ring (bicyclic) bond motifs is 1. The van der Waals surface area contributed by atoms with E-state index in [0.29, 0.717) is 48.5 Å². The van der Waals surface area contributed by atoms with Crippen LogP contribution in [0.2, 0.25) is 0 Å². The Balaban J connectivity index is 0.00000200. The van der Waals surface area contributed by atoms with Gasteiger partial charge in [0.25, 0.3) is 5.91 Å². The topological polar surface area (TPSA) is 132 Å². The molecule has 0 bridgehead atoms. The van der Waals surface area contributed by atoms with Gasteiger partial charge in [-0.25, -0.2) is 4.98 Å². The second-order valence-electron chi connectivity index (χ2n) is 9.83. The Bertz CT molecular complexity index is 1180. The molecule has 38 heavy (non-hydrogen) atoms. The number of hydrogen-bond acceptors (Lipinski definition) is 8. The first-order valence-corrected chi connectivity index (χ1v) is 13.0. The molecule has 5 N–H and O–H groups in total. The number of hydrogen-bond donors (Lipinski definition) is 4. The van der Waals surface area contributed by atoms with Crippen molar-refractivity contribution in [3.63, 3.8) is 0 Å². The molecule has 2 aliphatic rings. The summed E-state index contributed by atoms with van der Waals surface area (Å²) in [5.41, 5.74) is 8.30. The number of methoxy groups -OCH3 is 1. The highest BCUT2D eigenvalue weighted by atomic mass is 35.5. The first-order chi connectivity index (χ1) is 17.6. The zero-order valence-corrected chi connectivity index (χ0v) is 23.3. The van der Waals surface area contributed by atoms with Crippen molar-refractivity contribution in [1.29, 1.82) is 0 Å². The fourth-order valence-corrected chi connectivity index (χ4v) is 5.20. The Morgan fingerprint density at radius 3 is 2.42 bits per heavy atom. The largest absolute Gasteiger partial charge is 0.497 e. The zero-order chi connectivity index (χ0) is 24.9. The number of imidazole rings is 1. The van der Waals surface area contributed by atoms with Crippen LogP contribution in [-0.4, -0.2) is 57.7 Å². The maximum absolute atomic E-state index is 12.5. The number of anilines is 2. The van der Waals surface area contributed by atoms with Gasteiger partial charge >= 0.3 is 0 Å². The zero-order valence-electron chi connectivity index (χ0n) is 21.7. The van der Waals surface area contributed by atoms with Crippen LogP contribution in [0.15, 0.2) is 30.6 Å². The molecule has 5 rings (SSSR count). The molecule has 2 aromatic heterocycles. The van der Waals surface area contributed by atoms with Crippen molar-refractivity contribution in [3.05, 3.63) is 36.2 Å². The van der Waals surface area contributed by atoms with Crippen LogP contribution in [0.3, 0.4) is 0 Å². The Morgan fingerprint density at radius 2 is 1.74 bits per heavy atom. The molecule has 2 fully saturated rings. The second kappa shape index (κ2) is 13.8. The van der Waals surface area contributed by atoms with Crippen LogP contribution < -0.4 is 26.4 Å². The number of carbonyl (C=O) groups excluding carboxylic acids is 1. The van der Waals surface area contributed by atoms with Gasteiger partial charge < -0.3 is 31.0 Å². The molecule has 10 nitrogen and oxygen atoms in total. The predicted octanol–water partition coefficient (Wildman–Crippen LogP) is 4.32. The number of nitrogens with two attached hydrogens (primary N) is 1. The Kier molecular flexibility index (Phi) is 10.8. The van der Waals surface area contributed by atoms with E-state index in [1.165, 1.54) is 12.8 Å². The minimum Gasteiger partial charge on any atom is -0.497 e. The number of nitrogens with one attached hydrogen (secondary N) is 3. The molecule has 3 aromatic rings. The molecule has 2 saturated carbocycles. The van der Waals surface area contributed by atoms with E-state index >= 15 is 0 Å². The van der Waals surface area contributed by atoms with E-state index in [-0.39, 0.29) is 30.7 Å². The van der Waals surface area contributed by atoms with Gasteiger partial charge in [0.2, 0.25) is 5.95 Å². The number of benzene rings is 1. The average molecular weight is 566 g/mol. The summed E-state index contributed by atoms with van der Waals surface area (Å²) in [5, 5.41) is 9.87. The average Bonchev–Trinajstić information content (AvgIpc) is 3.58. The number of carbonyl (C=O) groups is 1. The molecule has 2 heterocycles. The van der Waals surface area contributed by atoms with Crippen LogP contribution in [0.1, 0.15) is 67.8 Å². The summed E-state index contributed by atoms with van der Waals surface area (Å²) < 4.78 is 7.37. The third kappa shape index (κ3) is 6.98. The monoisotopic (exact) mass is 564 g/mol. The number of aromatic nitrogens is 4. The van der Waals surface area contributed by atoms with Crippen molar-refractivity contribution in [2.24, 2.45) is 5.73 Å². The quantitative estimate of drug-likeness (QED) is 0.282. The van der Waals surface area contributed by atoms with E-state index in [9.17, 15) is 4.79 Å². The highest BCUT2D eigenvalue weighted by Gasteiger charge is 2.23. The van der Waals surface area contributed by atoms with Crippen LogP contribution >= 0.6 is 24.8 Å². The standard InChI is InChI=1S/C26H36N8O2.2ClH/c1-36-21-12-6-17(7-13-21)25(35)29-15-14-28-23-22-24(34(16-30-22)20-4-2-3-5-20)33-26(32-23)31-19-10-8-18(27)9-11-19;;/h6-7,12-13,16,18-20H,2-5,8-11,14-15,27H2,1H3,(H,29,35)(H2,28,31,32,33);2*1H. The van der Waals surface area contributed by atoms with Crippen molar-refractivity contribution >= 4 is 53.7 Å². The van der Waals surface area contributed by atoms with E-state index in [2.05, 4.69) is 25.5 Å². The maximum atomic E-state index is 12.5. The summed E-state index contributed by atoms with van der Waals surface area (Å²) in [6.45, 7) is 0.963. The first kappa shape index (κ1) is 29.7. The Morgan fingerprint density at radius 1 is 1.03 bits per heavy atom. The number of rotatable bonds is 9. The molecule has 2 aliphatic carbocycles. The lowest BCUT2D eigenvalue weighted by Gasteiger charge is -2.27. The first-order valence-electron chi connectivity index (χ1n) is 13.0. The summed E-state index contributed by atoms with van der Waals surface area (Å²) in [7, 11) is 1.60. The minimum absolute atomic E-state index is 0. The van der Waals surface area contributed by atoms with Crippen LogP contribution in [0.5, 0.6) is 5.75 Å². The van der Waals surface area contributed by atoms with Crippen LogP contribution in [0.4, 0.5) is 11.8 Å². The third-order valence-corrected chi connectivity index (χ3v) is 7.30. The smallest absolute Gasteiger partial charge is 0.251 e. The third-order valence-electron chi connectivity index (χ3n) is 7.30. The van der Waals surface area contributed by atoms with Crippen molar-refractivity contribution in [3.8, 4) is 5.75 Å². The minimum atomic E-state index is -0.129. The van der Waals surface area contributed by atoms with Gasteiger partial charge in [0.05, 0.1) is 13.4 Å². The van der Waals surface area contributed by atoms with E-state index in [0.717, 1.165) is 55.4 Å². The molecule has 1 aromatic carbocycles. The van der Waals surface area contributed by atoms with Gasteiger partial charge in [0.15, 0.2) is 17.0 Å². The molecule has 0 saturated heterocycles. The molecule has 208 valence electrons. The van der Waals surface area contributed by atoms with Crippen LogP contribution in [0, 0.1) is 0 Å². The second-order valence-corrected chi connectivity index (χ2v) is 9.83. The summed E-state index contributed by atoms with van der Waals surface area (Å²) in [6, 6.07) is 8.10. The highest BCUT2D eigenvalue weighted by molar-refractivity contribution is 5.94. The normalized spacial score (nSPS) is 19.3. The van der Waals surface area contributed by atoms with E-state index in [4.69, 9.17) is 20.4 Å². The van der Waals surface area contributed by atoms with Gasteiger partial charge in [-0.3, -0.25) is 4.79 Å². The van der Waals surface area contributed by atoms with Gasteiger partial charge in [-0.1, -0.05) is 12.8 Å². The van der Waals surface area contributed by atoms with Crippen LogP contribution in [0.25, 0.3) is 11.2 Å². The van der Waals surface area contributed by atoms with Gasteiger partial charge in [-0.2, -0.15) is 9.97 Å². The number of amides is 1. The number of halogens is 2. The fourth-order valence-electron chi connectivity index (χ4n) is 5.20. The van der Waals surface area contributed by atoms with E-state index in [1.807, 2.05) is 6.33 Å². The molecule has 0 atom stereocenters. The molecule has 12 heteroatoms. The molecule has 0 aliphatic heterocycles. The lowest BCUT2D eigenvalue weighted by Crippen LogP contribution is -2.33. The van der Waals surface area contributed by atoms with Crippen molar-refractivity contribution in [1.82, 2.24) is 24.8 Å². The van der Waals surface area contributed by atoms with E-state index < -0.39 is 0 Å². The maximum Gasteiger partial charge on any atom is 0.251 e. The lowest BCUT2D eigenvalue weighted by atomic mass is 9.92. The highest BCUT2D eigenvalue weighted by Crippen LogP contribution is 2.33. The van der Waals surface area contributed by atoms with Crippen molar-refractivity contribution < 1.29 is 9.53 Å². The summed E-state index contributed by atoms with van der Waals surface area (Å²) >= 11 is 0. The lowest BCUT2D eigenvalue weighted by molar-refractivity contribution is 0.0955. The van der Waals surface area contributed by atoms with Crippen molar-refractivity contribution in [2.75, 3.05) is 30.8 Å². The molecular formula is C26H38Cl2N8O2. The SMILES string of the molecule is COc1ccc(C(=O)NCCNc2nc(NC3CCC(N)CC3)nc3c2ncn3C2CCCC2)cc1.Cl.Cl. The van der Waals surface area contributed by atoms with Gasteiger partial charge in [-0.05, 0) is 62.8 Å². The molecule has 1 amide bonds. The van der Waals surface area contributed by atoms with Crippen LogP contribution in [-0.2, 0) is 0 Å².